The minimum absolute atomic E-state index is 0.0690. The molecular formula is C18H26N4O. The first-order valence-electron chi connectivity index (χ1n) is 8.60. The largest absolute Gasteiger partial charge is 0.348 e. The van der Waals surface area contributed by atoms with Gasteiger partial charge in [-0.25, -0.2) is 0 Å². The fourth-order valence-electron chi connectivity index (χ4n) is 3.68. The van der Waals surface area contributed by atoms with E-state index in [2.05, 4.69) is 27.4 Å². The molecule has 1 fully saturated rings. The normalized spacial score (nSPS) is 17.1. The van der Waals surface area contributed by atoms with Gasteiger partial charge in [-0.3, -0.25) is 9.48 Å². The smallest absolute Gasteiger partial charge is 0.226 e. The Kier molecular flexibility index (Phi) is 4.55. The lowest BCUT2D eigenvalue weighted by Gasteiger charge is -2.38. The zero-order valence-corrected chi connectivity index (χ0v) is 14.1. The van der Waals surface area contributed by atoms with Gasteiger partial charge in [-0.2, -0.15) is 5.10 Å². The van der Waals surface area contributed by atoms with Gasteiger partial charge in [0.25, 0.3) is 0 Å². The third-order valence-corrected chi connectivity index (χ3v) is 4.97. The molecule has 5 heteroatoms. The molecule has 0 saturated heterocycles. The molecule has 1 amide bonds. The van der Waals surface area contributed by atoms with Crippen molar-refractivity contribution in [1.82, 2.24) is 14.3 Å². The SMILES string of the molecule is CCn1cc(NC(=O)CC2(n3cccc3)CCCCC2)c(C)n1. The van der Waals surface area contributed by atoms with E-state index < -0.39 is 0 Å². The molecule has 0 radical (unpaired) electrons. The highest BCUT2D eigenvalue weighted by molar-refractivity contribution is 5.91. The fraction of sp³-hybridized carbons (Fsp3) is 0.556. The Labute approximate surface area is 137 Å². The summed E-state index contributed by atoms with van der Waals surface area (Å²) in [6.07, 6.45) is 12.4. The first kappa shape index (κ1) is 15.8. The second-order valence-corrected chi connectivity index (χ2v) is 6.58. The van der Waals surface area contributed by atoms with Crippen molar-refractivity contribution in [2.24, 2.45) is 0 Å². The molecule has 124 valence electrons. The molecule has 0 atom stereocenters. The zero-order valence-electron chi connectivity index (χ0n) is 14.1. The number of nitrogens with one attached hydrogen (secondary N) is 1. The number of aromatic nitrogens is 3. The Morgan fingerprint density at radius 3 is 2.57 bits per heavy atom. The fourth-order valence-corrected chi connectivity index (χ4v) is 3.68. The van der Waals surface area contributed by atoms with E-state index in [0.717, 1.165) is 30.8 Å². The summed E-state index contributed by atoms with van der Waals surface area (Å²) < 4.78 is 4.10. The lowest BCUT2D eigenvalue weighted by Crippen LogP contribution is -2.38. The number of aryl methyl sites for hydroxylation is 2. The second kappa shape index (κ2) is 6.60. The number of hydrogen-bond acceptors (Lipinski definition) is 2. The van der Waals surface area contributed by atoms with Crippen LogP contribution in [-0.2, 0) is 16.9 Å². The van der Waals surface area contributed by atoms with Crippen molar-refractivity contribution in [3.8, 4) is 0 Å². The van der Waals surface area contributed by atoms with E-state index in [0.29, 0.717) is 6.42 Å². The van der Waals surface area contributed by atoms with Crippen LogP contribution in [-0.4, -0.2) is 20.3 Å². The summed E-state index contributed by atoms with van der Waals surface area (Å²) in [5.41, 5.74) is 1.63. The highest BCUT2D eigenvalue weighted by Crippen LogP contribution is 2.38. The zero-order chi connectivity index (χ0) is 16.3. The molecule has 0 unspecified atom stereocenters. The Bertz CT molecular complexity index is 651. The third-order valence-electron chi connectivity index (χ3n) is 4.97. The Balaban J connectivity index is 1.75. The topological polar surface area (TPSA) is 51.9 Å². The number of nitrogens with zero attached hydrogens (tertiary/aromatic N) is 3. The molecule has 1 N–H and O–H groups in total. The van der Waals surface area contributed by atoms with Crippen LogP contribution in [0.2, 0.25) is 0 Å². The highest BCUT2D eigenvalue weighted by Gasteiger charge is 2.35. The number of amides is 1. The molecule has 1 aliphatic rings. The van der Waals surface area contributed by atoms with Gasteiger partial charge < -0.3 is 9.88 Å². The molecule has 23 heavy (non-hydrogen) atoms. The maximum atomic E-state index is 12.7. The van der Waals surface area contributed by atoms with Crippen LogP contribution < -0.4 is 5.32 Å². The van der Waals surface area contributed by atoms with E-state index in [1.165, 1.54) is 19.3 Å². The van der Waals surface area contributed by atoms with Crippen molar-refractivity contribution in [3.05, 3.63) is 36.4 Å². The first-order chi connectivity index (χ1) is 11.1. The van der Waals surface area contributed by atoms with Crippen LogP contribution in [0.3, 0.4) is 0 Å². The minimum Gasteiger partial charge on any atom is -0.348 e. The van der Waals surface area contributed by atoms with E-state index in [1.54, 1.807) is 0 Å². The second-order valence-electron chi connectivity index (χ2n) is 6.58. The molecule has 0 spiro atoms. The predicted octanol–water partition coefficient (Wildman–Crippen LogP) is 3.70. The number of anilines is 1. The molecule has 2 aromatic heterocycles. The molecule has 3 rings (SSSR count). The van der Waals surface area contributed by atoms with E-state index >= 15 is 0 Å². The van der Waals surface area contributed by atoms with Crippen LogP contribution in [0.4, 0.5) is 5.69 Å². The van der Waals surface area contributed by atoms with Gasteiger partial charge in [0.15, 0.2) is 0 Å². The summed E-state index contributed by atoms with van der Waals surface area (Å²) in [5.74, 6) is 0.0827. The summed E-state index contributed by atoms with van der Waals surface area (Å²) in [7, 11) is 0. The van der Waals surface area contributed by atoms with Crippen molar-refractivity contribution < 1.29 is 4.79 Å². The standard InChI is InChI=1S/C18H26N4O/c1-3-22-14-16(15(2)20-22)19-17(23)13-18(9-5-4-6-10-18)21-11-7-8-12-21/h7-8,11-12,14H,3-6,9-10,13H2,1-2H3,(H,19,23). The van der Waals surface area contributed by atoms with Gasteiger partial charge in [0.2, 0.25) is 5.91 Å². The quantitative estimate of drug-likeness (QED) is 0.915. The highest BCUT2D eigenvalue weighted by atomic mass is 16.1. The molecule has 0 aliphatic heterocycles. The van der Waals surface area contributed by atoms with Crippen molar-refractivity contribution in [2.45, 2.75) is 64.5 Å². The van der Waals surface area contributed by atoms with Gasteiger partial charge >= 0.3 is 0 Å². The summed E-state index contributed by atoms with van der Waals surface area (Å²) in [5, 5.41) is 7.46. The van der Waals surface area contributed by atoms with E-state index in [1.807, 2.05) is 36.9 Å². The van der Waals surface area contributed by atoms with Gasteiger partial charge in [0.1, 0.15) is 0 Å². The minimum atomic E-state index is -0.0690. The first-order valence-corrected chi connectivity index (χ1v) is 8.60. The van der Waals surface area contributed by atoms with Crippen LogP contribution in [0.5, 0.6) is 0 Å². The maximum Gasteiger partial charge on any atom is 0.226 e. The Morgan fingerprint density at radius 2 is 1.96 bits per heavy atom. The summed E-state index contributed by atoms with van der Waals surface area (Å²) in [4.78, 5) is 12.7. The summed E-state index contributed by atoms with van der Waals surface area (Å²) in [6.45, 7) is 4.79. The number of rotatable bonds is 5. The molecule has 1 aliphatic carbocycles. The van der Waals surface area contributed by atoms with Crippen molar-refractivity contribution in [3.63, 3.8) is 0 Å². The van der Waals surface area contributed by atoms with E-state index in [-0.39, 0.29) is 11.4 Å². The molecular weight excluding hydrogens is 288 g/mol. The average Bonchev–Trinajstić information content (AvgIpc) is 3.19. The average molecular weight is 314 g/mol. The lowest BCUT2D eigenvalue weighted by atomic mass is 9.78. The van der Waals surface area contributed by atoms with Gasteiger partial charge in [-0.05, 0) is 38.8 Å². The molecule has 2 heterocycles. The molecule has 2 aromatic rings. The van der Waals surface area contributed by atoms with Crippen molar-refractivity contribution >= 4 is 11.6 Å². The van der Waals surface area contributed by atoms with Gasteiger partial charge in [-0.15, -0.1) is 0 Å². The lowest BCUT2D eigenvalue weighted by molar-refractivity contribution is -0.118. The van der Waals surface area contributed by atoms with Gasteiger partial charge in [0.05, 0.1) is 23.3 Å². The molecule has 5 nitrogen and oxygen atoms in total. The van der Waals surface area contributed by atoms with Gasteiger partial charge in [0, 0.05) is 25.1 Å². The monoisotopic (exact) mass is 314 g/mol. The van der Waals surface area contributed by atoms with Crippen LogP contribution >= 0.6 is 0 Å². The van der Waals surface area contributed by atoms with Crippen LogP contribution in [0.15, 0.2) is 30.7 Å². The number of carbonyl (C=O) groups excluding carboxylic acids is 1. The van der Waals surface area contributed by atoms with Crippen LogP contribution in [0, 0.1) is 6.92 Å². The van der Waals surface area contributed by atoms with Crippen molar-refractivity contribution in [2.75, 3.05) is 5.32 Å². The van der Waals surface area contributed by atoms with Crippen LogP contribution in [0.25, 0.3) is 0 Å². The Morgan fingerprint density at radius 1 is 1.26 bits per heavy atom. The molecule has 0 bridgehead atoms. The maximum absolute atomic E-state index is 12.7. The number of carbonyl (C=O) groups is 1. The number of hydrogen-bond donors (Lipinski definition) is 1. The predicted molar refractivity (Wildman–Crippen MR) is 91.4 cm³/mol. The summed E-state index contributed by atoms with van der Waals surface area (Å²) >= 11 is 0. The van der Waals surface area contributed by atoms with E-state index in [4.69, 9.17) is 0 Å². The Hall–Kier alpha value is -2.04. The van der Waals surface area contributed by atoms with Gasteiger partial charge in [-0.1, -0.05) is 19.3 Å². The summed E-state index contributed by atoms with van der Waals surface area (Å²) in [6, 6.07) is 4.09. The molecule has 0 aromatic carbocycles. The van der Waals surface area contributed by atoms with Crippen LogP contribution in [0.1, 0.15) is 51.1 Å². The molecule has 1 saturated carbocycles. The van der Waals surface area contributed by atoms with E-state index in [9.17, 15) is 4.79 Å². The van der Waals surface area contributed by atoms with Crippen molar-refractivity contribution in [1.29, 1.82) is 0 Å². The third kappa shape index (κ3) is 3.33.